The average molecular weight is 489 g/mol. The highest BCUT2D eigenvalue weighted by Crippen LogP contribution is 2.30. The molecule has 1 unspecified atom stereocenters. The summed E-state index contributed by atoms with van der Waals surface area (Å²) in [6.45, 7) is 3.75. The normalized spacial score (nSPS) is 13.1. The van der Waals surface area contributed by atoms with E-state index in [1.807, 2.05) is 6.92 Å². The molecule has 3 N–H and O–H groups in total. The summed E-state index contributed by atoms with van der Waals surface area (Å²) in [4.78, 5) is 16.0. The van der Waals surface area contributed by atoms with Gasteiger partial charge in [-0.15, -0.1) is 0 Å². The van der Waals surface area contributed by atoms with E-state index in [1.165, 1.54) is 31.2 Å². The van der Waals surface area contributed by atoms with E-state index < -0.39 is 39.7 Å². The van der Waals surface area contributed by atoms with Crippen molar-refractivity contribution in [1.29, 1.82) is 0 Å². The van der Waals surface area contributed by atoms with Crippen molar-refractivity contribution in [2.24, 2.45) is 0 Å². The molecule has 0 fully saturated rings. The summed E-state index contributed by atoms with van der Waals surface area (Å²) in [6.07, 6.45) is -0.691. The Hall–Kier alpha value is -3.15. The standard InChI is InChI=1S/C21H24F4N4O3S/c1-4-12-26-20-14(8-10-17(28-20)21(23,24)25)9-11-18(30)27-13(2)15-6-5-7-16(22)19(15)29-33(3,31)32/h5-11,13,29H,4,12H2,1-3H3,(H,26,28)(H,27,30). The van der Waals surface area contributed by atoms with Gasteiger partial charge in [0.05, 0.1) is 18.0 Å². The van der Waals surface area contributed by atoms with Crippen molar-refractivity contribution >= 4 is 33.5 Å². The van der Waals surface area contributed by atoms with Crippen LogP contribution in [0.25, 0.3) is 6.08 Å². The lowest BCUT2D eigenvalue weighted by molar-refractivity contribution is -0.141. The minimum Gasteiger partial charge on any atom is -0.370 e. The van der Waals surface area contributed by atoms with Crippen LogP contribution in [-0.4, -0.2) is 32.1 Å². The first kappa shape index (κ1) is 26.1. The Balaban J connectivity index is 2.23. The zero-order valence-corrected chi connectivity index (χ0v) is 18.9. The quantitative estimate of drug-likeness (QED) is 0.361. The molecule has 1 amide bonds. The smallest absolute Gasteiger partial charge is 0.370 e. The van der Waals surface area contributed by atoms with Crippen LogP contribution >= 0.6 is 0 Å². The first-order chi connectivity index (χ1) is 15.3. The molecule has 1 heterocycles. The molecule has 1 aromatic heterocycles. The third-order valence-corrected chi connectivity index (χ3v) is 4.91. The zero-order valence-electron chi connectivity index (χ0n) is 18.1. The van der Waals surface area contributed by atoms with Crippen LogP contribution in [0.5, 0.6) is 0 Å². The van der Waals surface area contributed by atoms with E-state index in [1.54, 1.807) is 0 Å². The number of para-hydroxylation sites is 1. The van der Waals surface area contributed by atoms with Crippen molar-refractivity contribution in [3.05, 3.63) is 59.0 Å². The number of alkyl halides is 3. The number of amides is 1. The van der Waals surface area contributed by atoms with Gasteiger partial charge in [-0.25, -0.2) is 17.8 Å². The Bertz CT molecular complexity index is 1130. The number of halogens is 4. The summed E-state index contributed by atoms with van der Waals surface area (Å²) in [7, 11) is -3.77. The lowest BCUT2D eigenvalue weighted by Crippen LogP contribution is -2.26. The monoisotopic (exact) mass is 488 g/mol. The van der Waals surface area contributed by atoms with E-state index in [9.17, 15) is 30.8 Å². The number of hydrogen-bond acceptors (Lipinski definition) is 5. The van der Waals surface area contributed by atoms with Crippen molar-refractivity contribution in [3.8, 4) is 0 Å². The van der Waals surface area contributed by atoms with Gasteiger partial charge in [-0.2, -0.15) is 13.2 Å². The van der Waals surface area contributed by atoms with E-state index in [2.05, 4.69) is 20.3 Å². The van der Waals surface area contributed by atoms with E-state index in [0.29, 0.717) is 13.0 Å². The van der Waals surface area contributed by atoms with Gasteiger partial charge in [0.15, 0.2) is 0 Å². The molecular weight excluding hydrogens is 464 g/mol. The molecule has 0 saturated heterocycles. The number of nitrogens with one attached hydrogen (secondary N) is 3. The van der Waals surface area contributed by atoms with Gasteiger partial charge in [0, 0.05) is 23.7 Å². The molecule has 0 radical (unpaired) electrons. The van der Waals surface area contributed by atoms with Crippen molar-refractivity contribution in [2.45, 2.75) is 32.5 Å². The molecular formula is C21H24F4N4O3S. The molecule has 2 aromatic rings. The number of hydrogen-bond donors (Lipinski definition) is 3. The van der Waals surface area contributed by atoms with Crippen LogP contribution in [0.1, 0.15) is 43.1 Å². The Labute approximate surface area is 189 Å². The fraction of sp³-hybridized carbons (Fsp3) is 0.333. The van der Waals surface area contributed by atoms with E-state index in [4.69, 9.17) is 0 Å². The number of anilines is 2. The van der Waals surface area contributed by atoms with Gasteiger partial charge in [-0.3, -0.25) is 9.52 Å². The Morgan fingerprint density at radius 2 is 1.91 bits per heavy atom. The lowest BCUT2D eigenvalue weighted by atomic mass is 10.1. The highest BCUT2D eigenvalue weighted by Gasteiger charge is 2.33. The number of benzene rings is 1. The molecule has 33 heavy (non-hydrogen) atoms. The van der Waals surface area contributed by atoms with Gasteiger partial charge in [-0.05, 0) is 37.6 Å². The summed E-state index contributed by atoms with van der Waals surface area (Å²) >= 11 is 0. The molecule has 0 aliphatic rings. The second kappa shape index (κ2) is 10.6. The Morgan fingerprint density at radius 3 is 2.52 bits per heavy atom. The van der Waals surface area contributed by atoms with Crippen LogP contribution in [0.4, 0.5) is 29.1 Å². The molecule has 0 spiro atoms. The largest absolute Gasteiger partial charge is 0.433 e. The average Bonchev–Trinajstić information content (AvgIpc) is 2.70. The predicted octanol–water partition coefficient (Wildman–Crippen LogP) is 4.32. The summed E-state index contributed by atoms with van der Waals surface area (Å²) in [6, 6.07) is 5.13. The molecule has 180 valence electrons. The summed E-state index contributed by atoms with van der Waals surface area (Å²) < 4.78 is 78.2. The first-order valence-electron chi connectivity index (χ1n) is 9.88. The summed E-state index contributed by atoms with van der Waals surface area (Å²) in [5.41, 5.74) is -0.878. The van der Waals surface area contributed by atoms with Gasteiger partial charge >= 0.3 is 6.18 Å². The maximum absolute atomic E-state index is 14.2. The number of aromatic nitrogens is 1. The van der Waals surface area contributed by atoms with Gasteiger partial charge in [0.1, 0.15) is 17.3 Å². The number of carbonyl (C=O) groups is 1. The van der Waals surface area contributed by atoms with Crippen molar-refractivity contribution in [2.75, 3.05) is 22.8 Å². The Morgan fingerprint density at radius 1 is 1.21 bits per heavy atom. The lowest BCUT2D eigenvalue weighted by Gasteiger charge is -2.18. The molecule has 0 saturated carbocycles. The summed E-state index contributed by atoms with van der Waals surface area (Å²) in [5.74, 6) is -1.45. The fourth-order valence-electron chi connectivity index (χ4n) is 2.85. The maximum atomic E-state index is 14.2. The maximum Gasteiger partial charge on any atom is 0.433 e. The van der Waals surface area contributed by atoms with Gasteiger partial charge in [0.25, 0.3) is 0 Å². The van der Waals surface area contributed by atoms with E-state index in [-0.39, 0.29) is 22.6 Å². The fourth-order valence-corrected chi connectivity index (χ4v) is 3.43. The van der Waals surface area contributed by atoms with Gasteiger partial charge in [0.2, 0.25) is 15.9 Å². The highest BCUT2D eigenvalue weighted by molar-refractivity contribution is 7.92. The second-order valence-corrected chi connectivity index (χ2v) is 8.95. The number of sulfonamides is 1. The molecule has 0 aliphatic heterocycles. The molecule has 7 nitrogen and oxygen atoms in total. The minimum atomic E-state index is -4.61. The second-order valence-electron chi connectivity index (χ2n) is 7.20. The zero-order chi connectivity index (χ0) is 24.8. The van der Waals surface area contributed by atoms with E-state index >= 15 is 0 Å². The van der Waals surface area contributed by atoms with Crippen LogP contribution < -0.4 is 15.4 Å². The number of carbonyl (C=O) groups excluding carboxylic acids is 1. The van der Waals surface area contributed by atoms with E-state index in [0.717, 1.165) is 24.5 Å². The molecule has 1 aromatic carbocycles. The first-order valence-corrected chi connectivity index (χ1v) is 11.8. The number of nitrogens with zero attached hydrogens (tertiary/aromatic N) is 1. The Kier molecular flexibility index (Phi) is 8.42. The number of pyridine rings is 1. The van der Waals surface area contributed by atoms with Crippen LogP contribution in [0.3, 0.4) is 0 Å². The minimum absolute atomic E-state index is 0.0199. The third kappa shape index (κ3) is 7.74. The molecule has 0 bridgehead atoms. The predicted molar refractivity (Wildman–Crippen MR) is 118 cm³/mol. The molecule has 0 aliphatic carbocycles. The van der Waals surface area contributed by atoms with Crippen molar-refractivity contribution in [1.82, 2.24) is 10.3 Å². The van der Waals surface area contributed by atoms with Crippen molar-refractivity contribution in [3.63, 3.8) is 0 Å². The number of rotatable bonds is 9. The third-order valence-electron chi connectivity index (χ3n) is 4.33. The van der Waals surface area contributed by atoms with Crippen LogP contribution in [0.15, 0.2) is 36.4 Å². The van der Waals surface area contributed by atoms with Gasteiger partial charge in [-0.1, -0.05) is 19.1 Å². The highest BCUT2D eigenvalue weighted by atomic mass is 32.2. The van der Waals surface area contributed by atoms with Gasteiger partial charge < -0.3 is 10.6 Å². The van der Waals surface area contributed by atoms with Crippen LogP contribution in [-0.2, 0) is 21.0 Å². The molecule has 1 atom stereocenters. The van der Waals surface area contributed by atoms with Crippen molar-refractivity contribution < 1.29 is 30.8 Å². The van der Waals surface area contributed by atoms with Crippen LogP contribution in [0, 0.1) is 5.82 Å². The topological polar surface area (TPSA) is 100 Å². The SMILES string of the molecule is CCCNc1nc(C(F)(F)F)ccc1C=CC(=O)NC(C)c1cccc(F)c1NS(C)(=O)=O. The van der Waals surface area contributed by atoms with Crippen LogP contribution in [0.2, 0.25) is 0 Å². The molecule has 12 heteroatoms. The summed E-state index contributed by atoms with van der Waals surface area (Å²) in [5, 5.41) is 5.37. The molecule has 2 rings (SSSR count).